The maximum Gasteiger partial charge on any atom is 0.328 e. The van der Waals surface area contributed by atoms with Crippen LogP contribution < -0.4 is 11.2 Å². The number of amides is 2. The van der Waals surface area contributed by atoms with E-state index in [1.54, 1.807) is 23.1 Å². The summed E-state index contributed by atoms with van der Waals surface area (Å²) in [4.78, 5) is 56.6. The van der Waals surface area contributed by atoms with E-state index < -0.39 is 5.69 Å². The van der Waals surface area contributed by atoms with Crippen molar-refractivity contribution in [2.75, 3.05) is 39.9 Å². The lowest BCUT2D eigenvalue weighted by Gasteiger charge is -2.38. The topological polar surface area (TPSA) is 105 Å². The van der Waals surface area contributed by atoms with Crippen molar-refractivity contribution < 1.29 is 14.3 Å². The molecule has 0 unspecified atom stereocenters. The second-order valence-corrected chi connectivity index (χ2v) is 9.33. The molecule has 1 aliphatic heterocycles. The van der Waals surface area contributed by atoms with E-state index in [4.69, 9.17) is 16.3 Å². The number of methoxy groups -OCH3 is 1. The number of nitrogens with one attached hydrogen (secondary N) is 1. The number of H-pyrrole nitrogens is 1. The number of halogens is 1. The van der Waals surface area contributed by atoms with Crippen LogP contribution >= 0.6 is 11.6 Å². The molecule has 2 fully saturated rings. The second kappa shape index (κ2) is 10.1. The average molecular weight is 477 g/mol. The number of ether oxygens (including phenoxy) is 1. The molecule has 2 amide bonds. The van der Waals surface area contributed by atoms with E-state index in [1.807, 2.05) is 4.90 Å². The molecule has 4 rings (SSSR count). The molecule has 2 aromatic rings. The normalized spacial score (nSPS) is 21.4. The van der Waals surface area contributed by atoms with Crippen LogP contribution in [0.3, 0.4) is 0 Å². The van der Waals surface area contributed by atoms with Gasteiger partial charge in [0.2, 0.25) is 11.8 Å². The number of hydrogen-bond acceptors (Lipinski definition) is 5. The predicted molar refractivity (Wildman–Crippen MR) is 124 cm³/mol. The average Bonchev–Trinajstić information content (AvgIpc) is 2.82. The smallest absolute Gasteiger partial charge is 0.328 e. The van der Waals surface area contributed by atoms with E-state index in [2.05, 4.69) is 4.98 Å². The predicted octanol–water partition coefficient (Wildman–Crippen LogP) is 1.47. The quantitative estimate of drug-likeness (QED) is 0.703. The van der Waals surface area contributed by atoms with Gasteiger partial charge in [0.1, 0.15) is 6.61 Å². The second-order valence-electron chi connectivity index (χ2n) is 8.89. The number of nitrogens with zero attached hydrogens (tertiary/aromatic N) is 3. The van der Waals surface area contributed by atoms with Gasteiger partial charge in [-0.2, -0.15) is 0 Å². The molecule has 0 bridgehead atoms. The summed E-state index contributed by atoms with van der Waals surface area (Å²) in [5.41, 5.74) is -0.284. The highest BCUT2D eigenvalue weighted by molar-refractivity contribution is 6.31. The van der Waals surface area contributed by atoms with E-state index in [-0.39, 0.29) is 35.8 Å². The van der Waals surface area contributed by atoms with Gasteiger partial charge in [0.25, 0.3) is 5.56 Å². The summed E-state index contributed by atoms with van der Waals surface area (Å²) in [6, 6.07) is 4.85. The molecular weight excluding hydrogens is 448 g/mol. The number of hydrogen-bond donors (Lipinski definition) is 1. The molecule has 0 radical (unpaired) electrons. The lowest BCUT2D eigenvalue weighted by Crippen LogP contribution is -2.52. The zero-order valence-electron chi connectivity index (χ0n) is 18.7. The van der Waals surface area contributed by atoms with Crippen LogP contribution in [0.5, 0.6) is 0 Å². The molecular formula is C23H29ClN4O5. The first-order valence-electron chi connectivity index (χ1n) is 11.3. The van der Waals surface area contributed by atoms with Gasteiger partial charge < -0.3 is 19.5 Å². The van der Waals surface area contributed by atoms with Gasteiger partial charge in [-0.3, -0.25) is 19.0 Å². The van der Waals surface area contributed by atoms with Gasteiger partial charge in [-0.1, -0.05) is 11.6 Å². The Hall–Kier alpha value is -2.65. The molecule has 2 heterocycles. The molecule has 1 saturated heterocycles. The Morgan fingerprint density at radius 3 is 2.39 bits per heavy atom. The monoisotopic (exact) mass is 476 g/mol. The van der Waals surface area contributed by atoms with Crippen molar-refractivity contribution in [2.24, 2.45) is 11.8 Å². The number of carbonyl (C=O) groups is 2. The van der Waals surface area contributed by atoms with Crippen LogP contribution in [0, 0.1) is 11.8 Å². The first kappa shape index (κ1) is 23.5. The molecule has 0 spiro atoms. The van der Waals surface area contributed by atoms with E-state index in [0.29, 0.717) is 48.6 Å². The standard InChI is InChI=1S/C23H29ClN4O5/c1-33-14-20(29)26-8-10-27(11-9-26)21(30)16-4-2-15(3-5-16)13-28-22(31)18-12-17(24)6-7-19(18)25-23(28)32/h6-7,12,15-16H,2-5,8-11,13-14H2,1H3,(H,25,32). The number of fused-ring (bicyclic) bond motifs is 1. The first-order valence-corrected chi connectivity index (χ1v) is 11.7. The maximum absolute atomic E-state index is 13.0. The molecule has 1 aromatic heterocycles. The molecule has 0 atom stereocenters. The molecule has 1 N–H and O–H groups in total. The summed E-state index contributed by atoms with van der Waals surface area (Å²) in [7, 11) is 1.50. The Kier molecular flexibility index (Phi) is 7.19. The molecule has 33 heavy (non-hydrogen) atoms. The van der Waals surface area contributed by atoms with Crippen LogP contribution in [-0.2, 0) is 20.9 Å². The molecule has 1 aromatic carbocycles. The Morgan fingerprint density at radius 1 is 1.06 bits per heavy atom. The van der Waals surface area contributed by atoms with Gasteiger partial charge in [-0.15, -0.1) is 0 Å². The van der Waals surface area contributed by atoms with Gasteiger partial charge >= 0.3 is 5.69 Å². The first-order chi connectivity index (χ1) is 15.9. The Labute approximate surface area is 196 Å². The number of aromatic nitrogens is 2. The summed E-state index contributed by atoms with van der Waals surface area (Å²) >= 11 is 6.02. The SMILES string of the molecule is COCC(=O)N1CCN(C(=O)C2CCC(Cn3c(=O)[nH]c4ccc(Cl)cc4c3=O)CC2)CC1. The number of rotatable bonds is 5. The number of aromatic amines is 1. The van der Waals surface area contributed by atoms with Crippen LogP contribution in [0.1, 0.15) is 25.7 Å². The van der Waals surface area contributed by atoms with E-state index in [9.17, 15) is 19.2 Å². The third-order valence-electron chi connectivity index (χ3n) is 6.79. The lowest BCUT2D eigenvalue weighted by molar-refractivity contribution is -0.144. The Balaban J connectivity index is 1.33. The Morgan fingerprint density at radius 2 is 1.73 bits per heavy atom. The van der Waals surface area contributed by atoms with Crippen LogP contribution in [0.15, 0.2) is 27.8 Å². The highest BCUT2D eigenvalue weighted by Gasteiger charge is 2.32. The van der Waals surface area contributed by atoms with Crippen molar-refractivity contribution >= 4 is 34.3 Å². The number of benzene rings is 1. The fourth-order valence-corrected chi connectivity index (χ4v) is 5.06. The van der Waals surface area contributed by atoms with E-state index >= 15 is 0 Å². The van der Waals surface area contributed by atoms with Gasteiger partial charge in [0.05, 0.1) is 10.9 Å². The summed E-state index contributed by atoms with van der Waals surface area (Å²) in [6.07, 6.45) is 3.03. The molecule has 9 nitrogen and oxygen atoms in total. The van der Waals surface area contributed by atoms with Crippen LogP contribution in [0.2, 0.25) is 5.02 Å². The fourth-order valence-electron chi connectivity index (χ4n) is 4.89. The molecule has 1 aliphatic carbocycles. The third kappa shape index (κ3) is 5.14. The van der Waals surface area contributed by atoms with Crippen molar-refractivity contribution in [1.29, 1.82) is 0 Å². The molecule has 10 heteroatoms. The van der Waals surface area contributed by atoms with Gasteiger partial charge in [0.15, 0.2) is 0 Å². The van der Waals surface area contributed by atoms with Crippen molar-refractivity contribution in [2.45, 2.75) is 32.2 Å². The summed E-state index contributed by atoms with van der Waals surface area (Å²) in [6.45, 7) is 2.53. The minimum absolute atomic E-state index is 0.0482. The zero-order valence-corrected chi connectivity index (χ0v) is 19.5. The van der Waals surface area contributed by atoms with Crippen molar-refractivity contribution in [1.82, 2.24) is 19.4 Å². The van der Waals surface area contributed by atoms with Crippen molar-refractivity contribution in [3.05, 3.63) is 44.1 Å². The molecule has 1 saturated carbocycles. The van der Waals surface area contributed by atoms with Crippen LogP contribution in [0.25, 0.3) is 10.9 Å². The van der Waals surface area contributed by atoms with E-state index in [0.717, 1.165) is 25.7 Å². The number of carbonyl (C=O) groups excluding carboxylic acids is 2. The minimum Gasteiger partial charge on any atom is -0.375 e. The van der Waals surface area contributed by atoms with Gasteiger partial charge in [0, 0.05) is 50.8 Å². The summed E-state index contributed by atoms with van der Waals surface area (Å²) < 4.78 is 6.15. The van der Waals surface area contributed by atoms with E-state index in [1.165, 1.54) is 11.7 Å². The summed E-state index contributed by atoms with van der Waals surface area (Å²) in [5.74, 6) is 0.204. The largest absolute Gasteiger partial charge is 0.375 e. The molecule has 2 aliphatic rings. The van der Waals surface area contributed by atoms with Gasteiger partial charge in [-0.05, 0) is 49.8 Å². The third-order valence-corrected chi connectivity index (χ3v) is 7.03. The highest BCUT2D eigenvalue weighted by Crippen LogP contribution is 2.31. The van der Waals surface area contributed by atoms with Crippen LogP contribution in [-0.4, -0.2) is 71.1 Å². The Bertz CT molecular complexity index is 1140. The highest BCUT2D eigenvalue weighted by atomic mass is 35.5. The molecule has 178 valence electrons. The number of piperazine rings is 1. The van der Waals surface area contributed by atoms with Crippen LogP contribution in [0.4, 0.5) is 0 Å². The zero-order chi connectivity index (χ0) is 23.5. The van der Waals surface area contributed by atoms with Crippen molar-refractivity contribution in [3.63, 3.8) is 0 Å². The lowest BCUT2D eigenvalue weighted by atomic mass is 9.81. The van der Waals surface area contributed by atoms with Crippen molar-refractivity contribution in [3.8, 4) is 0 Å². The summed E-state index contributed by atoms with van der Waals surface area (Å²) in [5, 5.41) is 0.843. The minimum atomic E-state index is -0.422. The maximum atomic E-state index is 13.0. The van der Waals surface area contributed by atoms with Gasteiger partial charge in [-0.25, -0.2) is 4.79 Å². The fraction of sp³-hybridized carbons (Fsp3) is 0.565.